The molecule has 1 aliphatic rings. The fraction of sp³-hybridized carbons (Fsp3) is 1.00. The van der Waals surface area contributed by atoms with Gasteiger partial charge >= 0.3 is 16.3 Å². The van der Waals surface area contributed by atoms with Crippen LogP contribution in [0.2, 0.25) is 0 Å². The van der Waals surface area contributed by atoms with E-state index in [1.165, 1.54) is 0 Å². The molecule has 7 N–H and O–H groups in total. The van der Waals surface area contributed by atoms with Crippen molar-refractivity contribution in [2.75, 3.05) is 6.61 Å². The van der Waals surface area contributed by atoms with Gasteiger partial charge in [0.25, 0.3) is 0 Å². The summed E-state index contributed by atoms with van der Waals surface area (Å²) in [7, 11) is -4.70. The number of aliphatic hydroxyl groups excluding tert-OH is 4. The van der Waals surface area contributed by atoms with Gasteiger partial charge in [0.05, 0.1) is 6.61 Å². The van der Waals surface area contributed by atoms with Crippen molar-refractivity contribution >= 4 is 10.3 Å². The van der Waals surface area contributed by atoms with E-state index in [1.54, 1.807) is 0 Å². The fourth-order valence-corrected chi connectivity index (χ4v) is 1.83. The first kappa shape index (κ1) is 14.7. The van der Waals surface area contributed by atoms with Gasteiger partial charge in [-0.2, -0.15) is 12.6 Å². The molecule has 5 atom stereocenters. The monoisotopic (exact) mass is 275 g/mol. The average Bonchev–Trinajstić information content (AvgIpc) is 2.18. The molecular formula is C6H13NO9S. The van der Waals surface area contributed by atoms with Crippen molar-refractivity contribution in [3.8, 4) is 0 Å². The van der Waals surface area contributed by atoms with Crippen LogP contribution < -0.4 is 5.14 Å². The van der Waals surface area contributed by atoms with E-state index in [0.29, 0.717) is 0 Å². The van der Waals surface area contributed by atoms with Crippen molar-refractivity contribution in [3.63, 3.8) is 0 Å². The van der Waals surface area contributed by atoms with Crippen LogP contribution in [0.4, 0.5) is 0 Å². The van der Waals surface area contributed by atoms with Crippen molar-refractivity contribution in [1.82, 2.24) is 0 Å². The Labute approximate surface area is 96.1 Å². The molecule has 1 aliphatic heterocycles. The molecule has 1 fully saturated rings. The number of hydrogen-bond donors (Lipinski definition) is 6. The van der Waals surface area contributed by atoms with Crippen molar-refractivity contribution in [2.45, 2.75) is 30.4 Å². The quantitative estimate of drug-likeness (QED) is 0.276. The third kappa shape index (κ3) is 3.09. The van der Waals surface area contributed by atoms with Crippen LogP contribution in [0, 0.1) is 0 Å². The zero-order chi connectivity index (χ0) is 13.4. The number of nitrogens with two attached hydrogens (primary N) is 1. The first-order valence-corrected chi connectivity index (χ1v) is 5.86. The van der Waals surface area contributed by atoms with Gasteiger partial charge in [0.15, 0.2) is 6.10 Å². The third-order valence-corrected chi connectivity index (χ3v) is 2.63. The summed E-state index contributed by atoms with van der Waals surface area (Å²) in [5, 5.41) is 50.7. The molecular weight excluding hydrogens is 262 g/mol. The SMILES string of the molecule is NS(=O)(=O)OC1(O)O[C@H](CO)[C@@H](O)[C@H](O)[C@H]1O. The summed E-state index contributed by atoms with van der Waals surface area (Å²) in [6.45, 7) is -0.860. The lowest BCUT2D eigenvalue weighted by Gasteiger charge is -2.43. The van der Waals surface area contributed by atoms with Crippen LogP contribution in [-0.2, 0) is 19.2 Å². The highest BCUT2D eigenvalue weighted by Gasteiger charge is 2.55. The molecule has 0 aromatic carbocycles. The van der Waals surface area contributed by atoms with Crippen LogP contribution in [0.3, 0.4) is 0 Å². The second kappa shape index (κ2) is 4.72. The summed E-state index contributed by atoms with van der Waals surface area (Å²) in [5.74, 6) is -3.18. The molecule has 17 heavy (non-hydrogen) atoms. The largest absolute Gasteiger partial charge is 0.394 e. The van der Waals surface area contributed by atoms with E-state index < -0.39 is 47.3 Å². The minimum absolute atomic E-state index is 0.860. The molecule has 0 aliphatic carbocycles. The number of ether oxygens (including phenoxy) is 1. The van der Waals surface area contributed by atoms with Crippen molar-refractivity contribution < 1.29 is 42.9 Å². The molecule has 10 nitrogen and oxygen atoms in total. The summed E-state index contributed by atoms with van der Waals surface area (Å²) >= 11 is 0. The highest BCUT2D eigenvalue weighted by molar-refractivity contribution is 7.84. The molecule has 0 aromatic rings. The van der Waals surface area contributed by atoms with Crippen LogP contribution in [-0.4, -0.2) is 70.9 Å². The van der Waals surface area contributed by atoms with E-state index in [4.69, 9.17) is 5.11 Å². The van der Waals surface area contributed by atoms with Gasteiger partial charge in [-0.25, -0.2) is 5.14 Å². The molecule has 0 aromatic heterocycles. The molecule has 1 heterocycles. The van der Waals surface area contributed by atoms with E-state index >= 15 is 0 Å². The zero-order valence-corrected chi connectivity index (χ0v) is 9.19. The maximum atomic E-state index is 10.6. The van der Waals surface area contributed by atoms with Crippen molar-refractivity contribution in [2.24, 2.45) is 5.14 Å². The van der Waals surface area contributed by atoms with E-state index in [9.17, 15) is 28.8 Å². The summed E-state index contributed by atoms with van der Waals surface area (Å²) in [6, 6.07) is 0. The van der Waals surface area contributed by atoms with Crippen LogP contribution in [0.1, 0.15) is 0 Å². The molecule has 0 bridgehead atoms. The van der Waals surface area contributed by atoms with Gasteiger partial charge in [0.1, 0.15) is 18.3 Å². The lowest BCUT2D eigenvalue weighted by atomic mass is 9.98. The number of aliphatic hydroxyl groups is 5. The summed E-state index contributed by atoms with van der Waals surface area (Å²) in [4.78, 5) is 0. The second-order valence-corrected chi connectivity index (χ2v) is 4.62. The highest BCUT2D eigenvalue weighted by Crippen LogP contribution is 2.29. The Morgan fingerprint density at radius 1 is 1.29 bits per heavy atom. The van der Waals surface area contributed by atoms with Crippen molar-refractivity contribution in [1.29, 1.82) is 0 Å². The summed E-state index contributed by atoms with van der Waals surface area (Å²) in [5.41, 5.74) is 0. The van der Waals surface area contributed by atoms with Gasteiger partial charge in [-0.15, -0.1) is 0 Å². The number of hydrogen-bond acceptors (Lipinski definition) is 9. The fourth-order valence-electron chi connectivity index (χ4n) is 1.36. The molecule has 11 heteroatoms. The van der Waals surface area contributed by atoms with E-state index in [1.807, 2.05) is 0 Å². The van der Waals surface area contributed by atoms with E-state index in [-0.39, 0.29) is 0 Å². The third-order valence-electron chi connectivity index (χ3n) is 2.16. The maximum Gasteiger partial charge on any atom is 0.337 e. The molecule has 1 saturated heterocycles. The zero-order valence-electron chi connectivity index (χ0n) is 8.37. The minimum Gasteiger partial charge on any atom is -0.394 e. The Kier molecular flexibility index (Phi) is 4.08. The van der Waals surface area contributed by atoms with Crippen LogP contribution in [0.5, 0.6) is 0 Å². The Morgan fingerprint density at radius 3 is 2.24 bits per heavy atom. The van der Waals surface area contributed by atoms with Gasteiger partial charge in [-0.3, -0.25) is 0 Å². The Bertz CT molecular complexity index is 370. The van der Waals surface area contributed by atoms with Gasteiger partial charge < -0.3 is 30.3 Å². The first-order valence-electron chi connectivity index (χ1n) is 4.39. The van der Waals surface area contributed by atoms with Gasteiger partial charge in [0, 0.05) is 0 Å². The lowest BCUT2D eigenvalue weighted by Crippen LogP contribution is -2.66. The number of rotatable bonds is 3. The minimum atomic E-state index is -4.70. The lowest BCUT2D eigenvalue weighted by molar-refractivity contribution is -0.421. The van der Waals surface area contributed by atoms with Crippen LogP contribution >= 0.6 is 0 Å². The topological polar surface area (TPSA) is 180 Å². The van der Waals surface area contributed by atoms with Gasteiger partial charge in [-0.05, 0) is 0 Å². The highest BCUT2D eigenvalue weighted by atomic mass is 32.2. The molecule has 0 amide bonds. The summed E-state index contributed by atoms with van der Waals surface area (Å²) < 4.78 is 29.6. The molecule has 1 rings (SSSR count). The Morgan fingerprint density at radius 2 is 1.82 bits per heavy atom. The van der Waals surface area contributed by atoms with E-state index in [0.717, 1.165) is 0 Å². The molecule has 1 unspecified atom stereocenters. The molecule has 102 valence electrons. The average molecular weight is 275 g/mol. The standard InChI is InChI=1S/C6H13NO9S/c7-17(13,14)16-6(12)5(11)4(10)3(9)2(1-8)15-6/h2-5,8-12H,1H2,(H2,7,13,14)/t2-,3-,4+,5-,6?/m1/s1. The van der Waals surface area contributed by atoms with Crippen LogP contribution in [0.15, 0.2) is 0 Å². The summed E-state index contributed by atoms with van der Waals surface area (Å²) in [6.07, 6.45) is -7.58. The van der Waals surface area contributed by atoms with E-state index in [2.05, 4.69) is 14.1 Å². The van der Waals surface area contributed by atoms with Crippen molar-refractivity contribution in [3.05, 3.63) is 0 Å². The Balaban J connectivity index is 2.99. The Hall–Kier alpha value is -0.370. The first-order chi connectivity index (χ1) is 7.60. The van der Waals surface area contributed by atoms with Gasteiger partial charge in [0.2, 0.25) is 0 Å². The predicted octanol–water partition coefficient (Wildman–Crippen LogP) is -4.67. The predicted molar refractivity (Wildman–Crippen MR) is 49.1 cm³/mol. The van der Waals surface area contributed by atoms with Crippen LogP contribution in [0.25, 0.3) is 0 Å². The normalized spacial score (nSPS) is 43.6. The van der Waals surface area contributed by atoms with Gasteiger partial charge in [-0.1, -0.05) is 0 Å². The second-order valence-electron chi connectivity index (χ2n) is 3.47. The smallest absolute Gasteiger partial charge is 0.337 e. The maximum absolute atomic E-state index is 10.6. The molecule has 0 radical (unpaired) electrons. The molecule has 0 saturated carbocycles. The molecule has 0 spiro atoms.